The Morgan fingerprint density at radius 3 is 2.67 bits per heavy atom. The Morgan fingerprint density at radius 1 is 1.28 bits per heavy atom. The van der Waals surface area contributed by atoms with Gasteiger partial charge in [-0.3, -0.25) is 0 Å². The highest BCUT2D eigenvalue weighted by Crippen LogP contribution is 2.23. The summed E-state index contributed by atoms with van der Waals surface area (Å²) in [6.07, 6.45) is 3.60. The van der Waals surface area contributed by atoms with Crippen LogP contribution in [0.2, 0.25) is 0 Å². The first-order chi connectivity index (χ1) is 8.61. The fourth-order valence-corrected chi connectivity index (χ4v) is 2.74. The van der Waals surface area contributed by atoms with Crippen molar-refractivity contribution in [1.82, 2.24) is 5.32 Å². The number of nitrogens with two attached hydrogens (primary N) is 1. The normalized spacial score (nSPS) is 23.3. The summed E-state index contributed by atoms with van der Waals surface area (Å²) >= 11 is 0. The van der Waals surface area contributed by atoms with E-state index in [1.54, 1.807) is 7.11 Å². The Hall–Kier alpha value is -1.06. The lowest BCUT2D eigenvalue weighted by molar-refractivity contribution is 0.411. The molecule has 3 nitrogen and oxygen atoms in total. The average Bonchev–Trinajstić information content (AvgIpc) is 2.75. The predicted octanol–water partition coefficient (Wildman–Crippen LogP) is 2.28. The molecule has 0 aromatic heterocycles. The van der Waals surface area contributed by atoms with Gasteiger partial charge in [-0.05, 0) is 49.4 Å². The summed E-state index contributed by atoms with van der Waals surface area (Å²) in [5, 5.41) is 3.59. The molecule has 3 heteroatoms. The van der Waals surface area contributed by atoms with E-state index in [1.165, 1.54) is 29.5 Å². The lowest BCUT2D eigenvalue weighted by atomic mass is 10.0. The Kier molecular flexibility index (Phi) is 4.25. The summed E-state index contributed by atoms with van der Waals surface area (Å²) in [5.74, 6) is 0.966. The van der Waals surface area contributed by atoms with E-state index in [4.69, 9.17) is 10.5 Å². The summed E-state index contributed by atoms with van der Waals surface area (Å²) in [6, 6.07) is 5.12. The molecular formula is C15H24N2O. The smallest absolute Gasteiger partial charge is 0.122 e. The maximum Gasteiger partial charge on any atom is 0.122 e. The molecule has 0 amide bonds. The molecule has 0 aliphatic heterocycles. The third-order valence-corrected chi connectivity index (χ3v) is 3.98. The first-order valence-electron chi connectivity index (χ1n) is 6.75. The minimum absolute atomic E-state index is 0.324. The fraction of sp³-hybridized carbons (Fsp3) is 0.600. The number of nitrogens with one attached hydrogen (secondary N) is 1. The molecule has 0 bridgehead atoms. The lowest BCUT2D eigenvalue weighted by Gasteiger charge is -2.19. The quantitative estimate of drug-likeness (QED) is 0.859. The van der Waals surface area contributed by atoms with E-state index < -0.39 is 0 Å². The van der Waals surface area contributed by atoms with Gasteiger partial charge in [0.25, 0.3) is 0 Å². The molecule has 1 aromatic carbocycles. The molecule has 1 fully saturated rings. The molecule has 100 valence electrons. The molecule has 2 rings (SSSR count). The zero-order chi connectivity index (χ0) is 13.1. The number of hydrogen-bond donors (Lipinski definition) is 2. The Balaban J connectivity index is 2.03. The Labute approximate surface area is 110 Å². The lowest BCUT2D eigenvalue weighted by Crippen LogP contribution is -2.40. The number of benzene rings is 1. The van der Waals surface area contributed by atoms with Gasteiger partial charge in [-0.1, -0.05) is 12.5 Å². The van der Waals surface area contributed by atoms with Crippen LogP contribution in [0.1, 0.15) is 36.0 Å². The second-order valence-corrected chi connectivity index (χ2v) is 5.33. The van der Waals surface area contributed by atoms with Crippen LogP contribution in [0.4, 0.5) is 0 Å². The summed E-state index contributed by atoms with van der Waals surface area (Å²) in [4.78, 5) is 0. The molecule has 1 aliphatic rings. The molecule has 0 spiro atoms. The SMILES string of the molecule is COc1cc(C)c(CNC2CCCC2N)cc1C. The topological polar surface area (TPSA) is 47.3 Å². The fourth-order valence-electron chi connectivity index (χ4n) is 2.74. The van der Waals surface area contributed by atoms with Crippen LogP contribution in [0.5, 0.6) is 5.75 Å². The zero-order valence-electron chi connectivity index (χ0n) is 11.6. The van der Waals surface area contributed by atoms with Crippen LogP contribution in [0.3, 0.4) is 0 Å². The van der Waals surface area contributed by atoms with Crippen LogP contribution in [0.25, 0.3) is 0 Å². The monoisotopic (exact) mass is 248 g/mol. The first kappa shape index (κ1) is 13.4. The van der Waals surface area contributed by atoms with Gasteiger partial charge in [0.2, 0.25) is 0 Å². The largest absolute Gasteiger partial charge is 0.496 e. The number of hydrogen-bond acceptors (Lipinski definition) is 3. The highest BCUT2D eigenvalue weighted by Gasteiger charge is 2.23. The van der Waals surface area contributed by atoms with Crippen LogP contribution in [-0.2, 0) is 6.54 Å². The first-order valence-corrected chi connectivity index (χ1v) is 6.75. The van der Waals surface area contributed by atoms with Gasteiger partial charge in [-0.25, -0.2) is 0 Å². The molecule has 0 radical (unpaired) electrons. The van der Waals surface area contributed by atoms with Gasteiger partial charge in [-0.15, -0.1) is 0 Å². The van der Waals surface area contributed by atoms with E-state index in [1.807, 2.05) is 0 Å². The Morgan fingerprint density at radius 2 is 2.06 bits per heavy atom. The van der Waals surface area contributed by atoms with Gasteiger partial charge in [0.1, 0.15) is 5.75 Å². The molecule has 1 saturated carbocycles. The van der Waals surface area contributed by atoms with Gasteiger partial charge in [0.15, 0.2) is 0 Å². The minimum Gasteiger partial charge on any atom is -0.496 e. The van der Waals surface area contributed by atoms with Crippen LogP contribution in [0.15, 0.2) is 12.1 Å². The highest BCUT2D eigenvalue weighted by molar-refractivity contribution is 5.41. The van der Waals surface area contributed by atoms with Gasteiger partial charge in [0.05, 0.1) is 7.11 Å². The third-order valence-electron chi connectivity index (χ3n) is 3.98. The van der Waals surface area contributed by atoms with Crippen molar-refractivity contribution in [3.63, 3.8) is 0 Å². The van der Waals surface area contributed by atoms with E-state index in [-0.39, 0.29) is 0 Å². The van der Waals surface area contributed by atoms with Crippen molar-refractivity contribution >= 4 is 0 Å². The van der Waals surface area contributed by atoms with Crippen molar-refractivity contribution in [2.75, 3.05) is 7.11 Å². The van der Waals surface area contributed by atoms with Crippen molar-refractivity contribution in [1.29, 1.82) is 0 Å². The van der Waals surface area contributed by atoms with Gasteiger partial charge in [-0.2, -0.15) is 0 Å². The van der Waals surface area contributed by atoms with E-state index >= 15 is 0 Å². The molecule has 1 aromatic rings. The highest BCUT2D eigenvalue weighted by atomic mass is 16.5. The van der Waals surface area contributed by atoms with Crippen LogP contribution < -0.4 is 15.8 Å². The number of ether oxygens (including phenoxy) is 1. The zero-order valence-corrected chi connectivity index (χ0v) is 11.6. The summed E-state index contributed by atoms with van der Waals surface area (Å²) in [6.45, 7) is 5.12. The molecule has 0 saturated heterocycles. The van der Waals surface area contributed by atoms with Crippen LogP contribution in [0, 0.1) is 13.8 Å². The predicted molar refractivity (Wildman–Crippen MR) is 74.9 cm³/mol. The summed E-state index contributed by atoms with van der Waals surface area (Å²) < 4.78 is 5.34. The summed E-state index contributed by atoms with van der Waals surface area (Å²) in [5.41, 5.74) is 9.88. The van der Waals surface area contributed by atoms with Crippen LogP contribution >= 0.6 is 0 Å². The van der Waals surface area contributed by atoms with Crippen molar-refractivity contribution in [2.24, 2.45) is 5.73 Å². The number of methoxy groups -OCH3 is 1. The number of rotatable bonds is 4. The van der Waals surface area contributed by atoms with Crippen molar-refractivity contribution in [2.45, 2.75) is 51.7 Å². The summed E-state index contributed by atoms with van der Waals surface area (Å²) in [7, 11) is 1.72. The van der Waals surface area contributed by atoms with Crippen molar-refractivity contribution in [3.8, 4) is 5.75 Å². The third kappa shape index (κ3) is 2.85. The Bertz CT molecular complexity index is 417. The van der Waals surface area contributed by atoms with Crippen molar-refractivity contribution in [3.05, 3.63) is 28.8 Å². The standard InChI is InChI=1S/C15H24N2O/c1-10-8-15(18-3)11(2)7-12(10)9-17-14-6-4-5-13(14)16/h7-8,13-14,17H,4-6,9,16H2,1-3H3. The van der Waals surface area contributed by atoms with Gasteiger partial charge in [0, 0.05) is 18.6 Å². The molecule has 2 atom stereocenters. The molecule has 3 N–H and O–H groups in total. The molecule has 0 heterocycles. The van der Waals surface area contributed by atoms with E-state index in [0.29, 0.717) is 12.1 Å². The second-order valence-electron chi connectivity index (χ2n) is 5.33. The molecule has 1 aliphatic carbocycles. The van der Waals surface area contributed by atoms with Gasteiger partial charge >= 0.3 is 0 Å². The molecule has 2 unspecified atom stereocenters. The maximum atomic E-state index is 6.07. The maximum absolute atomic E-state index is 6.07. The van der Waals surface area contributed by atoms with E-state index in [9.17, 15) is 0 Å². The second kappa shape index (κ2) is 5.72. The molecule has 18 heavy (non-hydrogen) atoms. The minimum atomic E-state index is 0.324. The average molecular weight is 248 g/mol. The molecular weight excluding hydrogens is 224 g/mol. The van der Waals surface area contributed by atoms with Crippen LogP contribution in [-0.4, -0.2) is 19.2 Å². The van der Waals surface area contributed by atoms with E-state index in [0.717, 1.165) is 18.7 Å². The van der Waals surface area contributed by atoms with Gasteiger partial charge < -0.3 is 15.8 Å². The van der Waals surface area contributed by atoms with E-state index in [2.05, 4.69) is 31.3 Å². The number of aryl methyl sites for hydroxylation is 2. The van der Waals surface area contributed by atoms with Crippen molar-refractivity contribution < 1.29 is 4.74 Å².